The Kier molecular flexibility index (Phi) is 3.23. The van der Waals surface area contributed by atoms with Gasteiger partial charge in [-0.2, -0.15) is 5.26 Å². The van der Waals surface area contributed by atoms with Crippen LogP contribution in [-0.4, -0.2) is 0 Å². The second-order valence-electron chi connectivity index (χ2n) is 2.74. The molecule has 0 atom stereocenters. The minimum absolute atomic E-state index is 0.671. The van der Waals surface area contributed by atoms with E-state index in [0.717, 1.165) is 32.3 Å². The van der Waals surface area contributed by atoms with Gasteiger partial charge in [0.15, 0.2) is 0 Å². The summed E-state index contributed by atoms with van der Waals surface area (Å²) < 4.78 is 1.03. The number of halogens is 1. The van der Waals surface area contributed by atoms with Gasteiger partial charge in [0.2, 0.25) is 0 Å². The molecule has 13 heavy (non-hydrogen) atoms. The monoisotopic (exact) mass is 256 g/mol. The van der Waals surface area contributed by atoms with Gasteiger partial charge in [-0.15, -0.1) is 0 Å². The Labute approximate surface area is 90.2 Å². The number of rotatable bonds is 1. The molecule has 0 radical (unpaired) electrons. The van der Waals surface area contributed by atoms with Crippen molar-refractivity contribution in [2.24, 2.45) is 0 Å². The summed E-state index contributed by atoms with van der Waals surface area (Å²) in [5.74, 6) is 0. The Morgan fingerprint density at radius 1 is 1.54 bits per heavy atom. The van der Waals surface area contributed by atoms with Crippen LogP contribution in [0.5, 0.6) is 0 Å². The summed E-state index contributed by atoms with van der Waals surface area (Å²) in [5, 5.41) is 10.6. The zero-order valence-electron chi connectivity index (χ0n) is 7.39. The zero-order valence-corrected chi connectivity index (χ0v) is 9.79. The minimum atomic E-state index is 0.671. The number of aryl methyl sites for hydroxylation is 1. The van der Waals surface area contributed by atoms with E-state index in [0.29, 0.717) is 5.69 Å². The Bertz CT molecular complexity index is 382. The van der Waals surface area contributed by atoms with Crippen molar-refractivity contribution in [2.75, 3.05) is 5.73 Å². The highest BCUT2D eigenvalue weighted by molar-refractivity contribution is 9.10. The molecule has 0 aliphatic rings. The molecule has 0 amide bonds. The molecule has 2 N–H and O–H groups in total. The SMILES string of the molecule is Cc1cc(N)c(SC#N)c(C)c1Br. The molecule has 0 aliphatic carbocycles. The summed E-state index contributed by atoms with van der Waals surface area (Å²) in [4.78, 5) is 0.847. The van der Waals surface area contributed by atoms with Crippen molar-refractivity contribution >= 4 is 33.4 Å². The molecule has 2 nitrogen and oxygen atoms in total. The number of benzene rings is 1. The first-order valence-corrected chi connectivity index (χ1v) is 5.30. The summed E-state index contributed by atoms with van der Waals surface area (Å²) in [6.45, 7) is 3.93. The van der Waals surface area contributed by atoms with E-state index in [2.05, 4.69) is 15.9 Å². The van der Waals surface area contributed by atoms with E-state index in [1.165, 1.54) is 0 Å². The van der Waals surface area contributed by atoms with Crippen LogP contribution in [-0.2, 0) is 0 Å². The third-order valence-electron chi connectivity index (χ3n) is 1.80. The summed E-state index contributed by atoms with van der Waals surface area (Å²) >= 11 is 4.56. The average Bonchev–Trinajstić information content (AvgIpc) is 2.09. The number of nitrogens with two attached hydrogens (primary N) is 1. The molecule has 0 aromatic heterocycles. The molecule has 0 unspecified atom stereocenters. The van der Waals surface area contributed by atoms with Crippen LogP contribution in [0.4, 0.5) is 5.69 Å². The van der Waals surface area contributed by atoms with Crippen molar-refractivity contribution < 1.29 is 0 Å². The van der Waals surface area contributed by atoms with Crippen molar-refractivity contribution in [1.29, 1.82) is 5.26 Å². The average molecular weight is 257 g/mol. The van der Waals surface area contributed by atoms with Gasteiger partial charge in [-0.3, -0.25) is 0 Å². The predicted molar refractivity (Wildman–Crippen MR) is 59.5 cm³/mol. The Morgan fingerprint density at radius 2 is 2.15 bits per heavy atom. The van der Waals surface area contributed by atoms with Crippen LogP contribution >= 0.6 is 27.7 Å². The van der Waals surface area contributed by atoms with Crippen LogP contribution in [0.1, 0.15) is 11.1 Å². The van der Waals surface area contributed by atoms with Crippen LogP contribution in [0.3, 0.4) is 0 Å². The summed E-state index contributed by atoms with van der Waals surface area (Å²) in [7, 11) is 0. The first-order valence-electron chi connectivity index (χ1n) is 3.69. The lowest BCUT2D eigenvalue weighted by Gasteiger charge is -2.09. The molecule has 0 bridgehead atoms. The lowest BCUT2D eigenvalue weighted by Crippen LogP contribution is -1.94. The van der Waals surface area contributed by atoms with Crippen LogP contribution in [0.2, 0.25) is 0 Å². The van der Waals surface area contributed by atoms with Crippen molar-refractivity contribution in [3.63, 3.8) is 0 Å². The van der Waals surface area contributed by atoms with Gasteiger partial charge >= 0.3 is 0 Å². The fourth-order valence-corrected chi connectivity index (χ4v) is 2.12. The lowest BCUT2D eigenvalue weighted by atomic mass is 10.1. The van der Waals surface area contributed by atoms with Gasteiger partial charge in [0, 0.05) is 15.1 Å². The van der Waals surface area contributed by atoms with Gasteiger partial charge in [0.1, 0.15) is 5.40 Å². The molecule has 0 aliphatic heterocycles. The van der Waals surface area contributed by atoms with E-state index in [4.69, 9.17) is 11.0 Å². The summed E-state index contributed by atoms with van der Waals surface area (Å²) in [6, 6.07) is 1.87. The van der Waals surface area contributed by atoms with Crippen LogP contribution in [0.25, 0.3) is 0 Å². The Morgan fingerprint density at radius 3 is 2.69 bits per heavy atom. The summed E-state index contributed by atoms with van der Waals surface area (Å²) in [6.07, 6.45) is 0. The predicted octanol–water partition coefficient (Wildman–Crippen LogP) is 3.22. The van der Waals surface area contributed by atoms with Crippen molar-refractivity contribution in [2.45, 2.75) is 18.7 Å². The largest absolute Gasteiger partial charge is 0.398 e. The number of nitrogen functional groups attached to an aromatic ring is 1. The molecule has 4 heteroatoms. The number of anilines is 1. The summed E-state index contributed by atoms with van der Waals surface area (Å²) in [5.41, 5.74) is 8.58. The first kappa shape index (κ1) is 10.4. The molecule has 1 rings (SSSR count). The molecular formula is C9H9BrN2S. The second-order valence-corrected chi connectivity index (χ2v) is 4.33. The zero-order chi connectivity index (χ0) is 10.0. The van der Waals surface area contributed by atoms with Crippen LogP contribution in [0, 0.1) is 24.5 Å². The van der Waals surface area contributed by atoms with Crippen molar-refractivity contribution in [3.05, 3.63) is 21.7 Å². The molecule has 0 spiro atoms. The second kappa shape index (κ2) is 4.03. The normalized spacial score (nSPS) is 9.69. The maximum atomic E-state index is 8.57. The molecular weight excluding hydrogens is 248 g/mol. The van der Waals surface area contributed by atoms with Crippen LogP contribution in [0.15, 0.2) is 15.4 Å². The smallest absolute Gasteiger partial charge is 0.138 e. The van der Waals surface area contributed by atoms with Crippen molar-refractivity contribution in [1.82, 2.24) is 0 Å². The van der Waals surface area contributed by atoms with E-state index >= 15 is 0 Å². The van der Waals surface area contributed by atoms with Gasteiger partial charge in [-0.25, -0.2) is 0 Å². The number of thioether (sulfide) groups is 1. The lowest BCUT2D eigenvalue weighted by molar-refractivity contribution is 1.24. The Hall–Kier alpha value is -0.660. The van der Waals surface area contributed by atoms with Gasteiger partial charge in [0.25, 0.3) is 0 Å². The van der Waals surface area contributed by atoms with E-state index in [-0.39, 0.29) is 0 Å². The van der Waals surface area contributed by atoms with Gasteiger partial charge in [-0.1, -0.05) is 15.9 Å². The van der Waals surface area contributed by atoms with Gasteiger partial charge in [0.05, 0.1) is 0 Å². The molecule has 68 valence electrons. The standard InChI is InChI=1S/C9H9BrN2S/c1-5-3-7(12)9(13-4-11)6(2)8(5)10/h3H,12H2,1-2H3. The molecule has 0 heterocycles. The van der Waals surface area contributed by atoms with Gasteiger partial charge in [-0.05, 0) is 42.8 Å². The highest BCUT2D eigenvalue weighted by atomic mass is 79.9. The number of hydrogen-bond acceptors (Lipinski definition) is 3. The fourth-order valence-electron chi connectivity index (χ4n) is 1.16. The van der Waals surface area contributed by atoms with E-state index in [1.807, 2.05) is 25.3 Å². The fraction of sp³-hybridized carbons (Fsp3) is 0.222. The molecule has 1 aromatic carbocycles. The van der Waals surface area contributed by atoms with E-state index < -0.39 is 0 Å². The maximum absolute atomic E-state index is 8.57. The van der Waals surface area contributed by atoms with E-state index in [9.17, 15) is 0 Å². The third-order valence-corrected chi connectivity index (χ3v) is 3.86. The topological polar surface area (TPSA) is 49.8 Å². The molecule has 0 saturated heterocycles. The first-order chi connectivity index (χ1) is 6.07. The maximum Gasteiger partial charge on any atom is 0.138 e. The molecule has 0 fully saturated rings. The number of nitriles is 1. The number of hydrogen-bond donors (Lipinski definition) is 1. The van der Waals surface area contributed by atoms with Gasteiger partial charge < -0.3 is 5.73 Å². The highest BCUT2D eigenvalue weighted by Crippen LogP contribution is 2.34. The van der Waals surface area contributed by atoms with Crippen molar-refractivity contribution in [3.8, 4) is 5.40 Å². The highest BCUT2D eigenvalue weighted by Gasteiger charge is 2.09. The quantitative estimate of drug-likeness (QED) is 0.477. The minimum Gasteiger partial charge on any atom is -0.398 e. The molecule has 0 saturated carbocycles. The van der Waals surface area contributed by atoms with Crippen LogP contribution < -0.4 is 5.73 Å². The van der Waals surface area contributed by atoms with E-state index in [1.54, 1.807) is 0 Å². The number of thiocyanates is 1. The Balaban J connectivity index is 3.36. The third kappa shape index (κ3) is 1.98. The molecule has 1 aromatic rings. The number of nitrogens with zero attached hydrogens (tertiary/aromatic N) is 1.